The highest BCUT2D eigenvalue weighted by molar-refractivity contribution is 5.76. The Labute approximate surface area is 179 Å². The summed E-state index contributed by atoms with van der Waals surface area (Å²) < 4.78 is 5.66. The molecule has 2 aromatic heterocycles. The summed E-state index contributed by atoms with van der Waals surface area (Å²) in [6.07, 6.45) is 13.8. The van der Waals surface area contributed by atoms with Gasteiger partial charge in [0.15, 0.2) is 0 Å². The fourth-order valence-corrected chi connectivity index (χ4v) is 4.99. The number of aromatic nitrogens is 2. The maximum Gasteiger partial charge on any atom is 0.220 e. The van der Waals surface area contributed by atoms with Crippen molar-refractivity contribution >= 4 is 5.91 Å². The number of amides is 1. The number of rotatable bonds is 8. The topological polar surface area (TPSA) is 80.0 Å². The van der Waals surface area contributed by atoms with E-state index in [9.17, 15) is 4.79 Å². The van der Waals surface area contributed by atoms with Crippen LogP contribution < -0.4 is 10.6 Å². The minimum Gasteiger partial charge on any atom is -0.361 e. The van der Waals surface area contributed by atoms with E-state index in [1.54, 1.807) is 12.4 Å². The van der Waals surface area contributed by atoms with Crippen LogP contribution in [0.3, 0.4) is 0 Å². The SMILES string of the molecule is O=C(CC1CCNCC1Cc1cc(CC2CCCCC2)on1)NCc1cccnc1. The number of hydrogen-bond acceptors (Lipinski definition) is 5. The molecule has 2 atom stereocenters. The molecule has 0 bridgehead atoms. The third-order valence-corrected chi connectivity index (χ3v) is 6.72. The Morgan fingerprint density at radius 1 is 1.17 bits per heavy atom. The van der Waals surface area contributed by atoms with Crippen LogP contribution in [0.4, 0.5) is 0 Å². The van der Waals surface area contributed by atoms with Crippen molar-refractivity contribution in [1.82, 2.24) is 20.8 Å². The molecule has 2 unspecified atom stereocenters. The lowest BCUT2D eigenvalue weighted by molar-refractivity contribution is -0.122. The van der Waals surface area contributed by atoms with Gasteiger partial charge in [-0.25, -0.2) is 0 Å². The van der Waals surface area contributed by atoms with Crippen LogP contribution in [-0.2, 0) is 24.2 Å². The van der Waals surface area contributed by atoms with Crippen molar-refractivity contribution in [1.29, 1.82) is 0 Å². The fraction of sp³-hybridized carbons (Fsp3) is 0.625. The lowest BCUT2D eigenvalue weighted by atomic mass is 9.81. The Hall–Kier alpha value is -2.21. The van der Waals surface area contributed by atoms with Crippen molar-refractivity contribution in [3.8, 4) is 0 Å². The third-order valence-electron chi connectivity index (χ3n) is 6.72. The van der Waals surface area contributed by atoms with Crippen molar-refractivity contribution in [3.05, 3.63) is 47.6 Å². The highest BCUT2D eigenvalue weighted by atomic mass is 16.5. The second-order valence-electron chi connectivity index (χ2n) is 9.05. The van der Waals surface area contributed by atoms with Crippen LogP contribution in [0, 0.1) is 17.8 Å². The van der Waals surface area contributed by atoms with Crippen LogP contribution in [0.25, 0.3) is 0 Å². The summed E-state index contributed by atoms with van der Waals surface area (Å²) in [6.45, 7) is 2.45. The Bertz CT molecular complexity index is 786. The summed E-state index contributed by atoms with van der Waals surface area (Å²) in [5, 5.41) is 10.9. The molecule has 1 saturated heterocycles. The molecule has 2 N–H and O–H groups in total. The van der Waals surface area contributed by atoms with Gasteiger partial charge in [0, 0.05) is 37.8 Å². The fourth-order valence-electron chi connectivity index (χ4n) is 4.99. The normalized spacial score (nSPS) is 22.7. The van der Waals surface area contributed by atoms with E-state index in [-0.39, 0.29) is 5.91 Å². The van der Waals surface area contributed by atoms with Crippen molar-refractivity contribution in [2.24, 2.45) is 17.8 Å². The van der Waals surface area contributed by atoms with E-state index in [2.05, 4.69) is 26.8 Å². The number of pyridine rings is 1. The van der Waals surface area contributed by atoms with Gasteiger partial charge in [0.1, 0.15) is 5.76 Å². The summed E-state index contributed by atoms with van der Waals surface area (Å²) in [4.78, 5) is 16.6. The molecular formula is C24H34N4O2. The molecule has 3 heterocycles. The van der Waals surface area contributed by atoms with Crippen LogP contribution in [0.2, 0.25) is 0 Å². The molecule has 4 rings (SSSR count). The van der Waals surface area contributed by atoms with Gasteiger partial charge in [0.25, 0.3) is 0 Å². The van der Waals surface area contributed by atoms with E-state index in [1.807, 2.05) is 12.1 Å². The van der Waals surface area contributed by atoms with Crippen molar-refractivity contribution < 1.29 is 9.32 Å². The molecule has 1 aliphatic heterocycles. The summed E-state index contributed by atoms with van der Waals surface area (Å²) in [7, 11) is 0. The molecule has 30 heavy (non-hydrogen) atoms. The van der Waals surface area contributed by atoms with Crippen LogP contribution >= 0.6 is 0 Å². The van der Waals surface area contributed by atoms with E-state index in [0.717, 1.165) is 55.3 Å². The summed E-state index contributed by atoms with van der Waals surface area (Å²) in [5.74, 6) is 2.70. The van der Waals surface area contributed by atoms with Gasteiger partial charge in [-0.2, -0.15) is 0 Å². The molecule has 0 radical (unpaired) electrons. The third kappa shape index (κ3) is 6.14. The predicted molar refractivity (Wildman–Crippen MR) is 116 cm³/mol. The van der Waals surface area contributed by atoms with Crippen molar-refractivity contribution in [2.75, 3.05) is 13.1 Å². The molecule has 2 aliphatic rings. The largest absolute Gasteiger partial charge is 0.361 e. The zero-order valence-electron chi connectivity index (χ0n) is 17.8. The molecule has 2 fully saturated rings. The second-order valence-corrected chi connectivity index (χ2v) is 9.05. The standard InChI is InChI=1S/C24H34N4O2/c29-24(27-16-19-7-4-9-25-15-19)13-20-8-10-26-17-21(20)12-22-14-23(30-28-22)11-18-5-2-1-3-6-18/h4,7,9,14-15,18,20-21,26H,1-3,5-6,8,10-13,16-17H2,(H,27,29). The minimum absolute atomic E-state index is 0.119. The van der Waals surface area contributed by atoms with Gasteiger partial charge in [0.2, 0.25) is 5.91 Å². The highest BCUT2D eigenvalue weighted by Crippen LogP contribution is 2.29. The minimum atomic E-state index is 0.119. The molecule has 1 saturated carbocycles. The van der Waals surface area contributed by atoms with E-state index in [1.165, 1.54) is 32.1 Å². The molecule has 6 heteroatoms. The summed E-state index contributed by atoms with van der Waals surface area (Å²) >= 11 is 0. The average molecular weight is 411 g/mol. The van der Waals surface area contributed by atoms with Gasteiger partial charge < -0.3 is 15.2 Å². The summed E-state index contributed by atoms with van der Waals surface area (Å²) in [5.41, 5.74) is 2.07. The van der Waals surface area contributed by atoms with Crippen LogP contribution in [0.15, 0.2) is 35.1 Å². The number of carbonyl (C=O) groups is 1. The predicted octanol–water partition coefficient (Wildman–Crippen LogP) is 3.67. The first-order valence-electron chi connectivity index (χ1n) is 11.6. The zero-order valence-corrected chi connectivity index (χ0v) is 17.8. The maximum absolute atomic E-state index is 12.5. The number of nitrogens with zero attached hydrogens (tertiary/aromatic N) is 2. The lowest BCUT2D eigenvalue weighted by Gasteiger charge is -2.31. The Morgan fingerprint density at radius 2 is 2.07 bits per heavy atom. The molecule has 1 amide bonds. The first kappa shape index (κ1) is 21.0. The molecule has 6 nitrogen and oxygen atoms in total. The second kappa shape index (κ2) is 10.7. The maximum atomic E-state index is 12.5. The number of piperidine rings is 1. The van der Waals surface area contributed by atoms with Gasteiger partial charge in [-0.3, -0.25) is 9.78 Å². The molecule has 2 aromatic rings. The monoisotopic (exact) mass is 410 g/mol. The van der Waals surface area contributed by atoms with Crippen molar-refractivity contribution in [3.63, 3.8) is 0 Å². The van der Waals surface area contributed by atoms with Gasteiger partial charge in [-0.05, 0) is 55.3 Å². The molecule has 0 spiro atoms. The Balaban J connectivity index is 1.27. The molecule has 0 aromatic carbocycles. The van der Waals surface area contributed by atoms with E-state index in [0.29, 0.717) is 24.8 Å². The first-order chi connectivity index (χ1) is 14.8. The van der Waals surface area contributed by atoms with Gasteiger partial charge in [0.05, 0.1) is 5.69 Å². The van der Waals surface area contributed by atoms with Gasteiger partial charge in [-0.15, -0.1) is 0 Å². The highest BCUT2D eigenvalue weighted by Gasteiger charge is 2.28. The first-order valence-corrected chi connectivity index (χ1v) is 11.6. The van der Waals surface area contributed by atoms with E-state index >= 15 is 0 Å². The molecule has 1 aliphatic carbocycles. The number of hydrogen-bond donors (Lipinski definition) is 2. The van der Waals surface area contributed by atoms with Gasteiger partial charge in [-0.1, -0.05) is 43.3 Å². The van der Waals surface area contributed by atoms with Gasteiger partial charge >= 0.3 is 0 Å². The number of nitrogens with one attached hydrogen (secondary N) is 2. The number of carbonyl (C=O) groups excluding carboxylic acids is 1. The van der Waals surface area contributed by atoms with E-state index < -0.39 is 0 Å². The van der Waals surface area contributed by atoms with Crippen LogP contribution in [-0.4, -0.2) is 29.1 Å². The smallest absolute Gasteiger partial charge is 0.220 e. The zero-order chi connectivity index (χ0) is 20.6. The van der Waals surface area contributed by atoms with E-state index in [4.69, 9.17) is 4.52 Å². The van der Waals surface area contributed by atoms with Crippen molar-refractivity contribution in [2.45, 2.75) is 64.3 Å². The molecule has 162 valence electrons. The van der Waals surface area contributed by atoms with Crippen LogP contribution in [0.1, 0.15) is 62.0 Å². The molecular weight excluding hydrogens is 376 g/mol. The summed E-state index contributed by atoms with van der Waals surface area (Å²) in [6, 6.07) is 6.03. The Morgan fingerprint density at radius 3 is 2.90 bits per heavy atom. The Kier molecular flexibility index (Phi) is 7.51. The lowest BCUT2D eigenvalue weighted by Crippen LogP contribution is -2.40. The van der Waals surface area contributed by atoms with Crippen LogP contribution in [0.5, 0.6) is 0 Å². The quantitative estimate of drug-likeness (QED) is 0.694. The average Bonchev–Trinajstić information content (AvgIpc) is 3.22.